The first-order valence-electron chi connectivity index (χ1n) is 13.7. The first-order chi connectivity index (χ1) is 19.3. The maximum Gasteiger partial charge on any atom is 0.244 e. The molecule has 0 aromatic heterocycles. The molecule has 0 aliphatic rings. The largest absolute Gasteiger partial charge is 0.354 e. The molecule has 0 aliphatic carbocycles. The maximum atomic E-state index is 14.1. The molecule has 0 heterocycles. The standard InChI is InChI=1S/C32H40ClN3O4S/c1-6-19-34-31(38)29(21-24-11-8-7-9-12-24)35(22-25-13-10-14-27(33)20-25)30(37)23-36(41(5,39)40)28-17-15-26(16-18-28)32(2,3)4/h7-18,20,29H,6,19,21-23H2,1-5H3,(H,34,38). The highest BCUT2D eigenvalue weighted by Crippen LogP contribution is 2.26. The number of rotatable bonds is 12. The molecule has 2 amide bonds. The molecule has 0 bridgehead atoms. The molecule has 0 aliphatic heterocycles. The van der Waals surface area contributed by atoms with E-state index in [9.17, 15) is 18.0 Å². The SMILES string of the molecule is CCCNC(=O)C(Cc1ccccc1)N(Cc1cccc(Cl)c1)C(=O)CN(c1ccc(C(C)(C)C)cc1)S(C)(=O)=O. The number of sulfonamides is 1. The summed E-state index contributed by atoms with van der Waals surface area (Å²) in [7, 11) is -3.83. The van der Waals surface area contributed by atoms with Gasteiger partial charge in [-0.25, -0.2) is 8.42 Å². The van der Waals surface area contributed by atoms with Crippen LogP contribution in [0.4, 0.5) is 5.69 Å². The average Bonchev–Trinajstić information content (AvgIpc) is 2.91. The summed E-state index contributed by atoms with van der Waals surface area (Å²) in [4.78, 5) is 29.1. The van der Waals surface area contributed by atoms with E-state index in [1.807, 2.05) is 55.5 Å². The van der Waals surface area contributed by atoms with E-state index in [1.54, 1.807) is 30.3 Å². The molecule has 9 heteroatoms. The molecule has 1 N–H and O–H groups in total. The Bertz CT molecular complexity index is 1420. The molecule has 0 fully saturated rings. The zero-order valence-corrected chi connectivity index (χ0v) is 26.0. The van der Waals surface area contributed by atoms with Gasteiger partial charge in [0, 0.05) is 24.5 Å². The fourth-order valence-electron chi connectivity index (χ4n) is 4.49. The van der Waals surface area contributed by atoms with Crippen LogP contribution in [-0.4, -0.2) is 50.5 Å². The first kappa shape index (κ1) is 32.2. The van der Waals surface area contributed by atoms with Crippen molar-refractivity contribution in [3.8, 4) is 0 Å². The second-order valence-electron chi connectivity index (χ2n) is 11.2. The monoisotopic (exact) mass is 597 g/mol. The highest BCUT2D eigenvalue weighted by molar-refractivity contribution is 7.92. The lowest BCUT2D eigenvalue weighted by Gasteiger charge is -2.33. The molecule has 3 aromatic rings. The normalized spacial score (nSPS) is 12.4. The third kappa shape index (κ3) is 9.33. The summed E-state index contributed by atoms with van der Waals surface area (Å²) in [5, 5.41) is 3.43. The van der Waals surface area contributed by atoms with Crippen LogP contribution >= 0.6 is 11.6 Å². The molecular weight excluding hydrogens is 558 g/mol. The van der Waals surface area contributed by atoms with E-state index in [4.69, 9.17) is 11.6 Å². The number of carbonyl (C=O) groups excluding carboxylic acids is 2. The Hall–Kier alpha value is -3.36. The van der Waals surface area contributed by atoms with Crippen LogP contribution in [0.25, 0.3) is 0 Å². The van der Waals surface area contributed by atoms with Crippen LogP contribution in [-0.2, 0) is 38.0 Å². The summed E-state index contributed by atoms with van der Waals surface area (Å²) in [5.41, 5.74) is 2.92. The molecule has 7 nitrogen and oxygen atoms in total. The number of anilines is 1. The van der Waals surface area contributed by atoms with Gasteiger partial charge in [-0.05, 0) is 52.8 Å². The van der Waals surface area contributed by atoms with Crippen LogP contribution in [0.5, 0.6) is 0 Å². The van der Waals surface area contributed by atoms with Gasteiger partial charge in [0.2, 0.25) is 21.8 Å². The number of halogens is 1. The average molecular weight is 598 g/mol. The van der Waals surface area contributed by atoms with Crippen LogP contribution in [0.1, 0.15) is 50.8 Å². The van der Waals surface area contributed by atoms with E-state index < -0.39 is 28.5 Å². The van der Waals surface area contributed by atoms with E-state index >= 15 is 0 Å². The second-order valence-corrected chi connectivity index (χ2v) is 13.6. The summed E-state index contributed by atoms with van der Waals surface area (Å²) < 4.78 is 27.0. The Morgan fingerprint density at radius 1 is 0.927 bits per heavy atom. The van der Waals surface area contributed by atoms with Crippen LogP contribution in [0.2, 0.25) is 5.02 Å². The number of hydrogen-bond donors (Lipinski definition) is 1. The lowest BCUT2D eigenvalue weighted by molar-refractivity contribution is -0.140. The Labute approximate surface area is 249 Å². The van der Waals surface area contributed by atoms with E-state index in [0.29, 0.717) is 17.3 Å². The molecule has 0 radical (unpaired) electrons. The van der Waals surface area contributed by atoms with Gasteiger partial charge < -0.3 is 10.2 Å². The summed E-state index contributed by atoms with van der Waals surface area (Å²) in [5.74, 6) is -0.797. The number of nitrogens with one attached hydrogen (secondary N) is 1. The number of benzene rings is 3. The van der Waals surface area contributed by atoms with Crippen molar-refractivity contribution in [1.29, 1.82) is 0 Å². The van der Waals surface area contributed by atoms with Crippen molar-refractivity contribution in [3.05, 3.63) is 101 Å². The maximum absolute atomic E-state index is 14.1. The Kier molecular flexibility index (Phi) is 11.0. The van der Waals surface area contributed by atoms with Crippen LogP contribution in [0.15, 0.2) is 78.9 Å². The van der Waals surface area contributed by atoms with Crippen LogP contribution < -0.4 is 9.62 Å². The smallest absolute Gasteiger partial charge is 0.244 e. The molecule has 41 heavy (non-hydrogen) atoms. The fraction of sp³-hybridized carbons (Fsp3) is 0.375. The van der Waals surface area contributed by atoms with Gasteiger partial charge in [-0.3, -0.25) is 13.9 Å². The van der Waals surface area contributed by atoms with Crippen molar-refractivity contribution in [2.24, 2.45) is 0 Å². The molecule has 0 saturated heterocycles. The Balaban J connectivity index is 2.04. The van der Waals surface area contributed by atoms with Crippen molar-refractivity contribution in [1.82, 2.24) is 10.2 Å². The summed E-state index contributed by atoms with van der Waals surface area (Å²) in [6.07, 6.45) is 2.08. The molecule has 3 aromatic carbocycles. The number of nitrogens with zero attached hydrogens (tertiary/aromatic N) is 2. The van der Waals surface area contributed by atoms with Crippen molar-refractivity contribution in [2.45, 2.75) is 58.5 Å². The molecule has 1 atom stereocenters. The van der Waals surface area contributed by atoms with E-state index in [-0.39, 0.29) is 24.3 Å². The summed E-state index contributed by atoms with van der Waals surface area (Å²) in [6.45, 7) is 8.25. The number of hydrogen-bond acceptors (Lipinski definition) is 4. The van der Waals surface area contributed by atoms with E-state index in [0.717, 1.165) is 33.7 Å². The van der Waals surface area contributed by atoms with Crippen molar-refractivity contribution in [2.75, 3.05) is 23.7 Å². The minimum absolute atomic E-state index is 0.0804. The Morgan fingerprint density at radius 2 is 1.56 bits per heavy atom. The highest BCUT2D eigenvalue weighted by Gasteiger charge is 2.33. The fourth-order valence-corrected chi connectivity index (χ4v) is 5.56. The van der Waals surface area contributed by atoms with Gasteiger partial charge in [-0.2, -0.15) is 0 Å². The van der Waals surface area contributed by atoms with Gasteiger partial charge in [-0.15, -0.1) is 0 Å². The second kappa shape index (κ2) is 14.0. The molecule has 0 saturated carbocycles. The predicted molar refractivity (Wildman–Crippen MR) is 167 cm³/mol. The van der Waals surface area contributed by atoms with Gasteiger partial charge >= 0.3 is 0 Å². The van der Waals surface area contributed by atoms with E-state index in [2.05, 4.69) is 26.1 Å². The Morgan fingerprint density at radius 3 is 2.12 bits per heavy atom. The quantitative estimate of drug-likeness (QED) is 0.296. The zero-order valence-electron chi connectivity index (χ0n) is 24.4. The molecular formula is C32H40ClN3O4S. The molecule has 220 valence electrons. The predicted octanol–water partition coefficient (Wildman–Crippen LogP) is 5.57. The lowest BCUT2D eigenvalue weighted by Crippen LogP contribution is -2.53. The van der Waals surface area contributed by atoms with Gasteiger partial charge in [0.15, 0.2) is 0 Å². The lowest BCUT2D eigenvalue weighted by atomic mass is 9.87. The van der Waals surface area contributed by atoms with Crippen molar-refractivity contribution in [3.63, 3.8) is 0 Å². The summed E-state index contributed by atoms with van der Waals surface area (Å²) >= 11 is 6.25. The third-order valence-corrected chi connectivity index (χ3v) is 8.14. The van der Waals surface area contributed by atoms with Crippen molar-refractivity contribution < 1.29 is 18.0 Å². The van der Waals surface area contributed by atoms with E-state index in [1.165, 1.54) is 4.90 Å². The van der Waals surface area contributed by atoms with Crippen LogP contribution in [0, 0.1) is 0 Å². The van der Waals surface area contributed by atoms with Crippen molar-refractivity contribution >= 4 is 39.1 Å². The molecule has 0 spiro atoms. The minimum Gasteiger partial charge on any atom is -0.354 e. The molecule has 1 unspecified atom stereocenters. The number of carbonyl (C=O) groups is 2. The summed E-state index contributed by atoms with van der Waals surface area (Å²) in [6, 6.07) is 22.8. The highest BCUT2D eigenvalue weighted by atomic mass is 35.5. The first-order valence-corrected chi connectivity index (χ1v) is 16.0. The topological polar surface area (TPSA) is 86.8 Å². The van der Waals surface area contributed by atoms with Gasteiger partial charge in [0.1, 0.15) is 12.6 Å². The minimum atomic E-state index is -3.83. The van der Waals surface area contributed by atoms with Gasteiger partial charge in [-0.1, -0.05) is 93.9 Å². The van der Waals surface area contributed by atoms with Crippen LogP contribution in [0.3, 0.4) is 0 Å². The zero-order chi connectivity index (χ0) is 30.2. The third-order valence-electron chi connectivity index (χ3n) is 6.76. The molecule has 3 rings (SSSR count). The van der Waals surface area contributed by atoms with Gasteiger partial charge in [0.05, 0.1) is 11.9 Å². The van der Waals surface area contributed by atoms with Gasteiger partial charge in [0.25, 0.3) is 0 Å². The number of amides is 2.